The van der Waals surface area contributed by atoms with E-state index in [2.05, 4.69) is 26.0 Å². The highest BCUT2D eigenvalue weighted by atomic mass is 14.5. The van der Waals surface area contributed by atoms with E-state index < -0.39 is 0 Å². The zero-order chi connectivity index (χ0) is 17.7. The minimum Gasteiger partial charge on any atom is -0.399 e. The summed E-state index contributed by atoms with van der Waals surface area (Å²) in [7, 11) is 0. The number of anilines is 3. The van der Waals surface area contributed by atoms with Crippen molar-refractivity contribution >= 4 is 17.1 Å². The fourth-order valence-electron chi connectivity index (χ4n) is 2.65. The molecule has 0 saturated heterocycles. The van der Waals surface area contributed by atoms with Gasteiger partial charge in [0.15, 0.2) is 0 Å². The van der Waals surface area contributed by atoms with Crippen molar-refractivity contribution in [3.8, 4) is 11.1 Å². The van der Waals surface area contributed by atoms with E-state index >= 15 is 0 Å². The SMILES string of the molecule is Cc1cc(N)ccc1-c1ccc(N)cc1C.Cc1cccc(N)c1. The molecule has 3 nitrogen and oxygen atoms in total. The van der Waals surface area contributed by atoms with Crippen LogP contribution in [0.4, 0.5) is 17.1 Å². The van der Waals surface area contributed by atoms with Crippen molar-refractivity contribution < 1.29 is 0 Å². The Morgan fingerprint density at radius 2 is 1.00 bits per heavy atom. The summed E-state index contributed by atoms with van der Waals surface area (Å²) >= 11 is 0. The molecule has 0 amide bonds. The van der Waals surface area contributed by atoms with Gasteiger partial charge in [0.1, 0.15) is 0 Å². The molecule has 0 aromatic heterocycles. The van der Waals surface area contributed by atoms with Crippen LogP contribution in [-0.4, -0.2) is 0 Å². The lowest BCUT2D eigenvalue weighted by molar-refractivity contribution is 1.41. The van der Waals surface area contributed by atoms with Gasteiger partial charge in [-0.05, 0) is 85.0 Å². The Morgan fingerprint density at radius 1 is 0.542 bits per heavy atom. The molecular formula is C21H25N3. The molecule has 0 radical (unpaired) electrons. The molecule has 0 fully saturated rings. The molecule has 0 aliphatic heterocycles. The van der Waals surface area contributed by atoms with E-state index in [1.165, 1.54) is 27.8 Å². The molecule has 0 saturated carbocycles. The van der Waals surface area contributed by atoms with E-state index in [-0.39, 0.29) is 0 Å². The Bertz CT molecular complexity index is 771. The number of nitrogens with two attached hydrogens (primary N) is 3. The first-order valence-corrected chi connectivity index (χ1v) is 7.91. The van der Waals surface area contributed by atoms with Gasteiger partial charge >= 0.3 is 0 Å². The van der Waals surface area contributed by atoms with Gasteiger partial charge in [-0.25, -0.2) is 0 Å². The summed E-state index contributed by atoms with van der Waals surface area (Å²) in [6.07, 6.45) is 0. The molecule has 0 aliphatic carbocycles. The van der Waals surface area contributed by atoms with Gasteiger partial charge in [-0.2, -0.15) is 0 Å². The zero-order valence-corrected chi connectivity index (χ0v) is 14.5. The van der Waals surface area contributed by atoms with Crippen LogP contribution < -0.4 is 17.2 Å². The van der Waals surface area contributed by atoms with E-state index in [4.69, 9.17) is 17.2 Å². The fraction of sp³-hybridized carbons (Fsp3) is 0.143. The molecular weight excluding hydrogens is 294 g/mol. The molecule has 0 atom stereocenters. The van der Waals surface area contributed by atoms with Gasteiger partial charge in [-0.1, -0.05) is 24.3 Å². The van der Waals surface area contributed by atoms with Crippen molar-refractivity contribution in [3.05, 3.63) is 77.4 Å². The summed E-state index contributed by atoms with van der Waals surface area (Å²) in [5.74, 6) is 0. The van der Waals surface area contributed by atoms with E-state index in [0.29, 0.717) is 0 Å². The number of benzene rings is 3. The predicted octanol–water partition coefficient (Wildman–Crippen LogP) is 4.71. The van der Waals surface area contributed by atoms with Crippen LogP contribution in [0, 0.1) is 20.8 Å². The molecule has 3 aromatic carbocycles. The standard InChI is InChI=1S/C14H16N2.C7H9N/c1-9-7-11(15)3-5-13(9)14-6-4-12(16)8-10(14)2;1-6-3-2-4-7(8)5-6/h3-8H,15-16H2,1-2H3;2-5H,8H2,1H3. The highest BCUT2D eigenvalue weighted by molar-refractivity contribution is 5.73. The van der Waals surface area contributed by atoms with Crippen LogP contribution in [0.5, 0.6) is 0 Å². The second-order valence-corrected chi connectivity index (χ2v) is 6.06. The van der Waals surface area contributed by atoms with Crippen LogP contribution in [0.25, 0.3) is 11.1 Å². The second kappa shape index (κ2) is 7.55. The van der Waals surface area contributed by atoms with Crippen molar-refractivity contribution in [2.24, 2.45) is 0 Å². The van der Waals surface area contributed by atoms with Crippen molar-refractivity contribution in [2.75, 3.05) is 17.2 Å². The Morgan fingerprint density at radius 3 is 1.33 bits per heavy atom. The third-order valence-corrected chi connectivity index (χ3v) is 3.83. The van der Waals surface area contributed by atoms with E-state index in [1.54, 1.807) is 0 Å². The van der Waals surface area contributed by atoms with Crippen LogP contribution in [-0.2, 0) is 0 Å². The average molecular weight is 319 g/mol. The molecule has 0 aliphatic rings. The molecule has 0 unspecified atom stereocenters. The third kappa shape index (κ3) is 4.53. The summed E-state index contributed by atoms with van der Waals surface area (Å²) in [6, 6.07) is 19.8. The quantitative estimate of drug-likeness (QED) is 0.568. The average Bonchev–Trinajstić information content (AvgIpc) is 2.49. The number of hydrogen-bond acceptors (Lipinski definition) is 3. The molecule has 3 aromatic rings. The molecule has 0 bridgehead atoms. The summed E-state index contributed by atoms with van der Waals surface area (Å²) < 4.78 is 0. The summed E-state index contributed by atoms with van der Waals surface area (Å²) in [6.45, 7) is 6.17. The monoisotopic (exact) mass is 319 g/mol. The lowest BCUT2D eigenvalue weighted by atomic mass is 9.96. The molecule has 24 heavy (non-hydrogen) atoms. The Hall–Kier alpha value is -2.94. The highest BCUT2D eigenvalue weighted by Crippen LogP contribution is 2.28. The largest absolute Gasteiger partial charge is 0.399 e. The summed E-state index contributed by atoms with van der Waals surface area (Å²) in [4.78, 5) is 0. The van der Waals surface area contributed by atoms with Gasteiger partial charge in [-0.15, -0.1) is 0 Å². The Balaban J connectivity index is 0.000000219. The summed E-state index contributed by atoms with van der Waals surface area (Å²) in [5, 5.41) is 0. The first-order chi connectivity index (χ1) is 11.4. The van der Waals surface area contributed by atoms with Crippen LogP contribution in [0.15, 0.2) is 60.7 Å². The number of rotatable bonds is 1. The minimum absolute atomic E-state index is 0.800. The molecule has 0 heterocycles. The van der Waals surface area contributed by atoms with Crippen LogP contribution in [0.3, 0.4) is 0 Å². The van der Waals surface area contributed by atoms with Crippen LogP contribution >= 0.6 is 0 Å². The smallest absolute Gasteiger partial charge is 0.0317 e. The van der Waals surface area contributed by atoms with Gasteiger partial charge in [0.05, 0.1) is 0 Å². The second-order valence-electron chi connectivity index (χ2n) is 6.06. The molecule has 3 heteroatoms. The summed E-state index contributed by atoms with van der Waals surface area (Å²) in [5.41, 5.74) is 25.4. The number of aryl methyl sites for hydroxylation is 3. The maximum absolute atomic E-state index is 5.75. The molecule has 124 valence electrons. The van der Waals surface area contributed by atoms with Crippen molar-refractivity contribution in [1.29, 1.82) is 0 Å². The van der Waals surface area contributed by atoms with E-state index in [9.17, 15) is 0 Å². The lowest BCUT2D eigenvalue weighted by Crippen LogP contribution is -1.92. The first-order valence-electron chi connectivity index (χ1n) is 7.91. The maximum Gasteiger partial charge on any atom is 0.0317 e. The molecule has 6 N–H and O–H groups in total. The van der Waals surface area contributed by atoms with E-state index in [0.717, 1.165) is 17.1 Å². The normalized spacial score (nSPS) is 9.96. The van der Waals surface area contributed by atoms with Gasteiger partial charge in [0, 0.05) is 17.1 Å². The van der Waals surface area contributed by atoms with Crippen LogP contribution in [0.2, 0.25) is 0 Å². The van der Waals surface area contributed by atoms with Crippen molar-refractivity contribution in [3.63, 3.8) is 0 Å². The Labute approximate surface area is 144 Å². The van der Waals surface area contributed by atoms with Gasteiger partial charge in [-0.3, -0.25) is 0 Å². The third-order valence-electron chi connectivity index (χ3n) is 3.83. The van der Waals surface area contributed by atoms with Crippen molar-refractivity contribution in [1.82, 2.24) is 0 Å². The fourth-order valence-corrected chi connectivity index (χ4v) is 2.65. The molecule has 3 rings (SSSR count). The predicted molar refractivity (Wildman–Crippen MR) is 106 cm³/mol. The van der Waals surface area contributed by atoms with Crippen LogP contribution in [0.1, 0.15) is 16.7 Å². The highest BCUT2D eigenvalue weighted by Gasteiger charge is 2.05. The molecule has 0 spiro atoms. The minimum atomic E-state index is 0.800. The van der Waals surface area contributed by atoms with E-state index in [1.807, 2.05) is 55.5 Å². The van der Waals surface area contributed by atoms with Crippen molar-refractivity contribution in [2.45, 2.75) is 20.8 Å². The number of nitrogen functional groups attached to an aromatic ring is 3. The zero-order valence-electron chi connectivity index (χ0n) is 14.5. The van der Waals surface area contributed by atoms with Gasteiger partial charge < -0.3 is 17.2 Å². The first kappa shape index (κ1) is 17.4. The topological polar surface area (TPSA) is 78.1 Å². The van der Waals surface area contributed by atoms with Gasteiger partial charge in [0.25, 0.3) is 0 Å². The number of hydrogen-bond donors (Lipinski definition) is 3. The maximum atomic E-state index is 5.75. The lowest BCUT2D eigenvalue weighted by Gasteiger charge is -2.10. The Kier molecular flexibility index (Phi) is 5.48. The van der Waals surface area contributed by atoms with Gasteiger partial charge in [0.2, 0.25) is 0 Å².